The second-order valence-corrected chi connectivity index (χ2v) is 14.0. The summed E-state index contributed by atoms with van der Waals surface area (Å²) in [6.45, 7) is 6.71. The molecule has 14 heteroatoms. The van der Waals surface area contributed by atoms with Crippen LogP contribution in [-0.4, -0.2) is 102 Å². The van der Waals surface area contributed by atoms with Crippen LogP contribution in [0.15, 0.2) is 24.3 Å². The highest BCUT2D eigenvalue weighted by atomic mass is 32.2. The van der Waals surface area contributed by atoms with Crippen LogP contribution < -0.4 is 9.47 Å². The molecule has 0 N–H and O–H groups in total. The number of likely N-dealkylation sites (N-methyl/N-ethyl adjacent to an activating group) is 1. The second kappa shape index (κ2) is 12.8. The smallest absolute Gasteiger partial charge is 0.308 e. The van der Waals surface area contributed by atoms with Crippen LogP contribution in [0.5, 0.6) is 11.5 Å². The van der Waals surface area contributed by atoms with Crippen molar-refractivity contribution >= 4 is 41.6 Å². The van der Waals surface area contributed by atoms with Crippen LogP contribution in [0.1, 0.15) is 52.2 Å². The first-order valence-electron chi connectivity index (χ1n) is 15.7. The number of carbonyl (C=O) groups is 5. The number of carbonyl (C=O) groups excluding carboxylic acids is 5. The number of hydrogen-bond donors (Lipinski definition) is 0. The first kappa shape index (κ1) is 33.3. The molecule has 13 nitrogen and oxygen atoms in total. The summed E-state index contributed by atoms with van der Waals surface area (Å²) in [4.78, 5) is 63.2. The van der Waals surface area contributed by atoms with Crippen LogP contribution >= 0.6 is 11.8 Å². The van der Waals surface area contributed by atoms with Crippen molar-refractivity contribution in [2.45, 2.75) is 100 Å². The number of piperidine rings is 1. The van der Waals surface area contributed by atoms with Gasteiger partial charge in [0.25, 0.3) is 0 Å². The molecule has 2 saturated heterocycles. The summed E-state index contributed by atoms with van der Waals surface area (Å²) in [5.41, 5.74) is 0.814. The van der Waals surface area contributed by atoms with Crippen molar-refractivity contribution in [1.82, 2.24) is 4.90 Å². The topological polar surface area (TPSA) is 153 Å². The summed E-state index contributed by atoms with van der Waals surface area (Å²) < 4.78 is 41.1. The monoisotopic (exact) mass is 673 g/mol. The Hall–Kier alpha value is -3.62. The predicted molar refractivity (Wildman–Crippen MR) is 165 cm³/mol. The minimum Gasteiger partial charge on any atom is -0.484 e. The first-order chi connectivity index (χ1) is 22.3. The van der Waals surface area contributed by atoms with Gasteiger partial charge >= 0.3 is 29.8 Å². The van der Waals surface area contributed by atoms with Crippen molar-refractivity contribution in [2.24, 2.45) is 5.92 Å². The van der Waals surface area contributed by atoms with Gasteiger partial charge in [0.05, 0.1) is 5.25 Å². The zero-order chi connectivity index (χ0) is 33.8. The molecular weight excluding hydrogens is 634 g/mol. The second-order valence-electron chi connectivity index (χ2n) is 12.7. The molecule has 1 spiro atoms. The summed E-state index contributed by atoms with van der Waals surface area (Å²) in [5.74, 6) is -2.03. The van der Waals surface area contributed by atoms with Gasteiger partial charge in [0.1, 0.15) is 24.3 Å². The van der Waals surface area contributed by atoms with Crippen molar-refractivity contribution in [2.75, 3.05) is 20.2 Å². The van der Waals surface area contributed by atoms with Crippen molar-refractivity contribution in [3.8, 4) is 11.5 Å². The highest BCUT2D eigenvalue weighted by Crippen LogP contribution is 2.64. The third kappa shape index (κ3) is 5.99. The molecule has 0 radical (unpaired) electrons. The number of ether oxygens (including phenoxy) is 7. The maximum Gasteiger partial charge on any atom is 0.308 e. The van der Waals surface area contributed by atoms with Gasteiger partial charge in [-0.1, -0.05) is 18.2 Å². The van der Waals surface area contributed by atoms with E-state index in [2.05, 4.69) is 24.1 Å². The van der Waals surface area contributed by atoms with Crippen molar-refractivity contribution in [3.05, 3.63) is 35.4 Å². The molecule has 2 aliphatic carbocycles. The van der Waals surface area contributed by atoms with E-state index in [9.17, 15) is 24.0 Å². The van der Waals surface area contributed by atoms with E-state index >= 15 is 0 Å². The van der Waals surface area contributed by atoms with Gasteiger partial charge in [-0.05, 0) is 38.1 Å². The van der Waals surface area contributed by atoms with Crippen molar-refractivity contribution in [3.63, 3.8) is 0 Å². The molecule has 2 fully saturated rings. The van der Waals surface area contributed by atoms with Crippen LogP contribution in [0.3, 0.4) is 0 Å². The van der Waals surface area contributed by atoms with Crippen LogP contribution in [0.4, 0.5) is 0 Å². The number of thioether (sulfide) groups is 1. The minimum absolute atomic E-state index is 0.125. The molecule has 0 amide bonds. The fraction of sp³-hybridized carbons (Fsp3) is 0.606. The fourth-order valence-electron chi connectivity index (χ4n) is 8.01. The summed E-state index contributed by atoms with van der Waals surface area (Å²) in [6.07, 6.45) is 0.726. The van der Waals surface area contributed by atoms with E-state index < -0.39 is 71.2 Å². The van der Waals surface area contributed by atoms with Gasteiger partial charge in [-0.25, -0.2) is 0 Å². The maximum absolute atomic E-state index is 12.4. The van der Waals surface area contributed by atoms with Crippen molar-refractivity contribution in [1.29, 1.82) is 0 Å². The third-order valence-electron chi connectivity index (χ3n) is 9.61. The van der Waals surface area contributed by atoms with Gasteiger partial charge in [0.2, 0.25) is 0 Å². The van der Waals surface area contributed by atoms with E-state index in [1.807, 2.05) is 6.07 Å². The Morgan fingerprint density at radius 3 is 2.23 bits per heavy atom. The number of hydrogen-bond acceptors (Lipinski definition) is 14. The highest BCUT2D eigenvalue weighted by molar-refractivity contribution is 8.00. The predicted octanol–water partition coefficient (Wildman–Crippen LogP) is 2.24. The molecule has 6 rings (SSSR count). The number of benzene rings is 1. The third-order valence-corrected chi connectivity index (χ3v) is 11.0. The van der Waals surface area contributed by atoms with Gasteiger partial charge < -0.3 is 38.1 Å². The van der Waals surface area contributed by atoms with Crippen LogP contribution in [0.25, 0.3) is 0 Å². The lowest BCUT2D eigenvalue weighted by Gasteiger charge is -2.57. The van der Waals surface area contributed by atoms with Gasteiger partial charge in [0.15, 0.2) is 29.8 Å². The summed E-state index contributed by atoms with van der Waals surface area (Å²) >= 11 is 1.32. The van der Waals surface area contributed by atoms with Crippen LogP contribution in [-0.2, 0) is 59.5 Å². The summed E-state index contributed by atoms with van der Waals surface area (Å²) in [5, 5.41) is -0.375. The van der Waals surface area contributed by atoms with E-state index in [1.54, 1.807) is 6.07 Å². The number of rotatable bonds is 8. The number of esters is 5. The standard InChI is InChI=1S/C33H39NO12S/c1-15(35)40-14-24-28(42-17(3)37)29(43-18(4)38)30(44-19(5)39)32(45-24)47-25-10-8-21-22-13-20-7-9-23(41-16(2)36)27-26(20)33(21,31(25)46-27)11-12-34(22)6/h7-10,21-22,24-25,28-32H,11-14H2,1-6H3/t21?,22?,24-,25?,28+,29+,30-,31?,32?,33?/m1/s1. The fourth-order valence-corrected chi connectivity index (χ4v) is 9.52. The summed E-state index contributed by atoms with van der Waals surface area (Å²) in [7, 11) is 2.13. The van der Waals surface area contributed by atoms with Gasteiger partial charge in [-0.2, -0.15) is 0 Å². The minimum atomic E-state index is -1.27. The largest absolute Gasteiger partial charge is 0.484 e. The zero-order valence-electron chi connectivity index (χ0n) is 27.1. The van der Waals surface area contributed by atoms with E-state index in [-0.39, 0.29) is 23.8 Å². The maximum atomic E-state index is 12.4. The van der Waals surface area contributed by atoms with E-state index in [0.717, 1.165) is 30.5 Å². The van der Waals surface area contributed by atoms with Gasteiger partial charge in [-0.15, -0.1) is 11.8 Å². The number of nitrogens with zero attached hydrogens (tertiary/aromatic N) is 1. The Balaban J connectivity index is 1.40. The molecule has 3 aliphatic heterocycles. The molecule has 10 atom stereocenters. The first-order valence-corrected chi connectivity index (χ1v) is 16.6. The van der Waals surface area contributed by atoms with Crippen LogP contribution in [0.2, 0.25) is 0 Å². The average molecular weight is 674 g/mol. The SMILES string of the molecule is CC(=O)OC[C@H]1OC(SC2C=CC3C4Cc5ccc(OC(C)=O)c6c5C3(CCN4C)C2O6)[C@H](OC(C)=O)[C@@H](OC(C)=O)[C@H]1OC(C)=O. The normalized spacial score (nSPS) is 34.7. The van der Waals surface area contributed by atoms with Crippen LogP contribution in [0, 0.1) is 5.92 Å². The van der Waals surface area contributed by atoms with E-state index in [1.165, 1.54) is 46.4 Å². The lowest BCUT2D eigenvalue weighted by atomic mass is 9.53. The molecule has 2 bridgehead atoms. The molecule has 0 aromatic heterocycles. The van der Waals surface area contributed by atoms with Crippen molar-refractivity contribution < 1.29 is 57.1 Å². The Kier molecular flexibility index (Phi) is 9.05. The lowest BCUT2D eigenvalue weighted by Crippen LogP contribution is -2.65. The van der Waals surface area contributed by atoms with E-state index in [0.29, 0.717) is 11.5 Å². The molecule has 3 heterocycles. The molecule has 254 valence electrons. The molecular formula is C33H39NO12S. The number of likely N-dealkylation sites (tertiary alicyclic amines) is 1. The zero-order valence-corrected chi connectivity index (χ0v) is 27.9. The Bertz CT molecular complexity index is 1510. The van der Waals surface area contributed by atoms with Gasteiger partial charge in [-0.3, -0.25) is 24.0 Å². The lowest BCUT2D eigenvalue weighted by molar-refractivity contribution is -0.237. The Morgan fingerprint density at radius 2 is 1.57 bits per heavy atom. The molecule has 1 aromatic rings. The Labute approximate surface area is 276 Å². The molecule has 6 unspecified atom stereocenters. The molecule has 0 saturated carbocycles. The highest BCUT2D eigenvalue weighted by Gasteiger charge is 2.65. The quantitative estimate of drug-likeness (QED) is 0.172. The summed E-state index contributed by atoms with van der Waals surface area (Å²) in [6, 6.07) is 4.04. The van der Waals surface area contributed by atoms with Gasteiger partial charge in [0, 0.05) is 57.6 Å². The molecule has 5 aliphatic rings. The van der Waals surface area contributed by atoms with E-state index in [4.69, 9.17) is 33.2 Å². The average Bonchev–Trinajstić information content (AvgIpc) is 3.33. The molecule has 47 heavy (non-hydrogen) atoms. The molecule has 1 aromatic carbocycles. The Morgan fingerprint density at radius 1 is 0.894 bits per heavy atom.